The molecule has 0 aliphatic heterocycles. The number of unbranched alkanes of at least 4 members (excludes halogenated alkanes) is 1. The largest absolute Gasteiger partial charge is 0.481 e. The Morgan fingerprint density at radius 1 is 1.28 bits per heavy atom. The molecule has 0 aromatic heterocycles. The maximum Gasteiger partial charge on any atom is 0.306 e. The van der Waals surface area contributed by atoms with Gasteiger partial charge in [0, 0.05) is 12.5 Å². The smallest absolute Gasteiger partial charge is 0.306 e. The van der Waals surface area contributed by atoms with Crippen molar-refractivity contribution in [1.29, 1.82) is 0 Å². The van der Waals surface area contributed by atoms with Gasteiger partial charge in [-0.1, -0.05) is 6.42 Å². The van der Waals surface area contributed by atoms with Gasteiger partial charge in [0.15, 0.2) is 0 Å². The summed E-state index contributed by atoms with van der Waals surface area (Å²) in [4.78, 5) is 22.8. The molecule has 1 fully saturated rings. The van der Waals surface area contributed by atoms with Crippen LogP contribution in [-0.2, 0) is 9.59 Å². The van der Waals surface area contributed by atoms with Gasteiger partial charge in [0.05, 0.1) is 5.92 Å². The van der Waals surface area contributed by atoms with E-state index < -0.39 is 5.97 Å². The highest BCUT2D eigenvalue weighted by Gasteiger charge is 2.30. The predicted molar refractivity (Wildman–Crippen MR) is 73.7 cm³/mol. The maximum atomic E-state index is 11.9. The molecule has 5 heteroatoms. The summed E-state index contributed by atoms with van der Waals surface area (Å²) < 4.78 is 0. The molecule has 2 N–H and O–H groups in total. The molecule has 18 heavy (non-hydrogen) atoms. The van der Waals surface area contributed by atoms with Crippen LogP contribution in [0.1, 0.15) is 38.5 Å². The predicted octanol–water partition coefficient (Wildman–Crippen LogP) is 2.14. The van der Waals surface area contributed by atoms with E-state index in [0.29, 0.717) is 19.4 Å². The van der Waals surface area contributed by atoms with Gasteiger partial charge in [0.25, 0.3) is 0 Å². The monoisotopic (exact) mass is 273 g/mol. The first-order valence-electron chi connectivity index (χ1n) is 6.64. The second-order valence-corrected chi connectivity index (χ2v) is 5.88. The van der Waals surface area contributed by atoms with Gasteiger partial charge in [-0.2, -0.15) is 11.8 Å². The summed E-state index contributed by atoms with van der Waals surface area (Å²) in [5.74, 6) is -0.00983. The normalized spacial score (nSPS) is 23.6. The van der Waals surface area contributed by atoms with Crippen molar-refractivity contribution in [2.45, 2.75) is 38.5 Å². The van der Waals surface area contributed by atoms with Crippen molar-refractivity contribution in [3.05, 3.63) is 0 Å². The summed E-state index contributed by atoms with van der Waals surface area (Å²) in [7, 11) is 0. The number of nitrogens with one attached hydrogen (secondary N) is 1. The number of aliphatic carboxylic acids is 1. The van der Waals surface area contributed by atoms with Crippen LogP contribution in [0.5, 0.6) is 0 Å². The summed E-state index contributed by atoms with van der Waals surface area (Å²) >= 11 is 1.81. The number of carbonyl (C=O) groups excluding carboxylic acids is 1. The van der Waals surface area contributed by atoms with Crippen molar-refractivity contribution in [3.8, 4) is 0 Å². The van der Waals surface area contributed by atoms with Gasteiger partial charge in [-0.25, -0.2) is 0 Å². The number of rotatable bonds is 7. The fourth-order valence-electron chi connectivity index (χ4n) is 2.38. The number of thioether (sulfide) groups is 1. The first-order valence-corrected chi connectivity index (χ1v) is 8.04. The minimum Gasteiger partial charge on any atom is -0.481 e. The molecule has 0 heterocycles. The number of amides is 1. The average molecular weight is 273 g/mol. The maximum absolute atomic E-state index is 11.9. The Hall–Kier alpha value is -0.710. The molecule has 1 saturated carbocycles. The Bertz CT molecular complexity index is 283. The third-order valence-corrected chi connectivity index (χ3v) is 4.17. The highest BCUT2D eigenvalue weighted by atomic mass is 32.2. The lowest BCUT2D eigenvalue weighted by molar-refractivity contribution is -0.144. The van der Waals surface area contributed by atoms with Crippen molar-refractivity contribution in [2.24, 2.45) is 11.8 Å². The first kappa shape index (κ1) is 15.3. The highest BCUT2D eigenvalue weighted by molar-refractivity contribution is 7.98. The minimum absolute atomic E-state index is 0.0464. The zero-order valence-electron chi connectivity index (χ0n) is 11.0. The SMILES string of the molecule is CSCCCCNC(=O)C1CCCC(C(=O)O)C1. The molecule has 1 rings (SSSR count). The van der Waals surface area contributed by atoms with E-state index in [0.717, 1.165) is 31.4 Å². The van der Waals surface area contributed by atoms with Gasteiger partial charge in [0.1, 0.15) is 0 Å². The molecule has 1 amide bonds. The molecule has 0 saturated heterocycles. The van der Waals surface area contributed by atoms with Crippen LogP contribution in [0, 0.1) is 11.8 Å². The van der Waals surface area contributed by atoms with E-state index in [4.69, 9.17) is 5.11 Å². The van der Waals surface area contributed by atoms with E-state index >= 15 is 0 Å². The zero-order valence-corrected chi connectivity index (χ0v) is 11.8. The number of hydrogen-bond donors (Lipinski definition) is 2. The van der Waals surface area contributed by atoms with Crippen LogP contribution in [0.15, 0.2) is 0 Å². The van der Waals surface area contributed by atoms with E-state index in [1.807, 2.05) is 11.8 Å². The fourth-order valence-corrected chi connectivity index (χ4v) is 2.87. The van der Waals surface area contributed by atoms with Crippen molar-refractivity contribution in [2.75, 3.05) is 18.6 Å². The van der Waals surface area contributed by atoms with Gasteiger partial charge < -0.3 is 10.4 Å². The van der Waals surface area contributed by atoms with E-state index in [1.165, 1.54) is 0 Å². The summed E-state index contributed by atoms with van der Waals surface area (Å²) in [6, 6.07) is 0. The Labute approximate surface area is 113 Å². The molecular weight excluding hydrogens is 250 g/mol. The fraction of sp³-hybridized carbons (Fsp3) is 0.846. The third-order valence-electron chi connectivity index (χ3n) is 3.47. The van der Waals surface area contributed by atoms with Crippen molar-refractivity contribution < 1.29 is 14.7 Å². The topological polar surface area (TPSA) is 66.4 Å². The molecule has 0 bridgehead atoms. The minimum atomic E-state index is -0.757. The number of hydrogen-bond acceptors (Lipinski definition) is 3. The lowest BCUT2D eigenvalue weighted by Crippen LogP contribution is -2.35. The quantitative estimate of drug-likeness (QED) is 0.697. The van der Waals surface area contributed by atoms with E-state index in [-0.39, 0.29) is 17.7 Å². The second-order valence-electron chi connectivity index (χ2n) is 4.89. The summed E-state index contributed by atoms with van der Waals surface area (Å²) in [5, 5.41) is 11.9. The summed E-state index contributed by atoms with van der Waals surface area (Å²) in [5.41, 5.74) is 0. The Balaban J connectivity index is 2.22. The van der Waals surface area contributed by atoms with Gasteiger partial charge in [-0.15, -0.1) is 0 Å². The summed E-state index contributed by atoms with van der Waals surface area (Å²) in [6.45, 7) is 0.716. The van der Waals surface area contributed by atoms with Gasteiger partial charge >= 0.3 is 5.97 Å². The molecule has 1 aliphatic carbocycles. The Kier molecular flexibility index (Phi) is 7.16. The molecule has 1 aliphatic rings. The van der Waals surface area contributed by atoms with Crippen LogP contribution in [0.2, 0.25) is 0 Å². The molecule has 2 unspecified atom stereocenters. The van der Waals surface area contributed by atoms with Crippen molar-refractivity contribution in [1.82, 2.24) is 5.32 Å². The lowest BCUT2D eigenvalue weighted by atomic mass is 9.81. The lowest BCUT2D eigenvalue weighted by Gasteiger charge is -2.25. The first-order chi connectivity index (χ1) is 8.65. The van der Waals surface area contributed by atoms with Crippen LogP contribution in [0.4, 0.5) is 0 Å². The molecule has 0 spiro atoms. The second kappa shape index (κ2) is 8.40. The van der Waals surface area contributed by atoms with E-state index in [2.05, 4.69) is 11.6 Å². The zero-order chi connectivity index (χ0) is 13.4. The molecule has 0 aromatic carbocycles. The molecular formula is C13H23NO3S. The van der Waals surface area contributed by atoms with Gasteiger partial charge in [0.2, 0.25) is 5.91 Å². The Morgan fingerprint density at radius 3 is 2.67 bits per heavy atom. The van der Waals surface area contributed by atoms with Crippen LogP contribution in [0.25, 0.3) is 0 Å². The van der Waals surface area contributed by atoms with Crippen molar-refractivity contribution >= 4 is 23.6 Å². The summed E-state index contributed by atoms with van der Waals surface area (Å²) in [6.07, 6.45) is 7.10. The molecule has 4 nitrogen and oxygen atoms in total. The molecule has 0 radical (unpaired) electrons. The molecule has 104 valence electrons. The average Bonchev–Trinajstić information content (AvgIpc) is 2.38. The van der Waals surface area contributed by atoms with Gasteiger partial charge in [-0.05, 0) is 44.1 Å². The van der Waals surface area contributed by atoms with Crippen LogP contribution >= 0.6 is 11.8 Å². The number of carboxylic acids is 1. The van der Waals surface area contributed by atoms with Crippen LogP contribution in [-0.4, -0.2) is 35.5 Å². The van der Waals surface area contributed by atoms with Crippen LogP contribution < -0.4 is 5.32 Å². The number of carbonyl (C=O) groups is 2. The van der Waals surface area contributed by atoms with E-state index in [9.17, 15) is 9.59 Å². The standard InChI is InChI=1S/C13H23NO3S/c1-18-8-3-2-7-14-12(15)10-5-4-6-11(9-10)13(16)17/h10-11H,2-9H2,1H3,(H,14,15)(H,16,17). The van der Waals surface area contributed by atoms with E-state index in [1.54, 1.807) is 0 Å². The van der Waals surface area contributed by atoms with Gasteiger partial charge in [-0.3, -0.25) is 9.59 Å². The molecule has 0 aromatic rings. The third kappa shape index (κ3) is 5.29. The van der Waals surface area contributed by atoms with Crippen molar-refractivity contribution in [3.63, 3.8) is 0 Å². The van der Waals surface area contributed by atoms with Crippen LogP contribution in [0.3, 0.4) is 0 Å². The number of carboxylic acid groups (broad SMARTS) is 1. The highest BCUT2D eigenvalue weighted by Crippen LogP contribution is 2.29. The Morgan fingerprint density at radius 2 is 2.00 bits per heavy atom. The molecule has 2 atom stereocenters.